The molecule has 0 aliphatic rings. The van der Waals surface area contributed by atoms with Crippen LogP contribution in [-0.2, 0) is 25.2 Å². The molecule has 2 N–H and O–H groups in total. The minimum absolute atomic E-state index is 0.0629. The largest absolute Gasteiger partial charge is 0.480 e. The maximum absolute atomic E-state index is 11.4. The van der Waals surface area contributed by atoms with Crippen LogP contribution in [0.2, 0.25) is 0 Å². The highest BCUT2D eigenvalue weighted by molar-refractivity contribution is 8.13. The Morgan fingerprint density at radius 3 is 2.40 bits per heavy atom. The van der Waals surface area contributed by atoms with E-state index in [9.17, 15) is 18.0 Å². The first-order chi connectivity index (χ1) is 9.28. The number of carboxylic acids is 1. The predicted molar refractivity (Wildman–Crippen MR) is 70.8 cm³/mol. The van der Waals surface area contributed by atoms with E-state index in [0.717, 1.165) is 0 Å². The highest BCUT2D eigenvalue weighted by atomic mass is 35.7. The van der Waals surface area contributed by atoms with E-state index in [-0.39, 0.29) is 6.61 Å². The molecule has 0 saturated heterocycles. The first-order valence-corrected chi connectivity index (χ1v) is 7.88. The minimum Gasteiger partial charge on any atom is -0.480 e. The second-order valence-corrected chi connectivity index (χ2v) is 6.62. The van der Waals surface area contributed by atoms with Crippen molar-refractivity contribution in [2.75, 3.05) is 5.75 Å². The van der Waals surface area contributed by atoms with Gasteiger partial charge in [-0.3, -0.25) is 0 Å². The number of hydrogen-bond donors (Lipinski definition) is 2. The Bertz CT molecular complexity index is 574. The number of carboxylic acid groups (broad SMARTS) is 1. The lowest BCUT2D eigenvalue weighted by atomic mass is 10.2. The fourth-order valence-electron chi connectivity index (χ4n) is 1.28. The molecule has 0 saturated carbocycles. The number of hydrogen-bond acceptors (Lipinski definition) is 5. The van der Waals surface area contributed by atoms with Crippen molar-refractivity contribution >= 4 is 31.8 Å². The topological polar surface area (TPSA) is 110 Å². The van der Waals surface area contributed by atoms with Crippen LogP contribution in [0.25, 0.3) is 0 Å². The molecule has 1 amide bonds. The lowest BCUT2D eigenvalue weighted by Gasteiger charge is -2.13. The molecule has 20 heavy (non-hydrogen) atoms. The van der Waals surface area contributed by atoms with Crippen molar-refractivity contribution < 1.29 is 27.9 Å². The summed E-state index contributed by atoms with van der Waals surface area (Å²) in [6, 6.07) is 7.04. The summed E-state index contributed by atoms with van der Waals surface area (Å²) in [6.45, 7) is -0.0629. The van der Waals surface area contributed by atoms with E-state index in [1.54, 1.807) is 30.3 Å². The Morgan fingerprint density at radius 2 is 1.90 bits per heavy atom. The number of amides is 1. The molecule has 0 aromatic heterocycles. The Hall–Kier alpha value is -1.80. The van der Waals surface area contributed by atoms with Gasteiger partial charge in [-0.05, 0) is 5.56 Å². The Labute approximate surface area is 119 Å². The number of halogens is 1. The van der Waals surface area contributed by atoms with E-state index in [4.69, 9.17) is 20.5 Å². The van der Waals surface area contributed by atoms with Gasteiger partial charge in [0.1, 0.15) is 12.6 Å². The van der Waals surface area contributed by atoms with E-state index >= 15 is 0 Å². The van der Waals surface area contributed by atoms with Crippen molar-refractivity contribution in [3.63, 3.8) is 0 Å². The number of rotatable bonds is 6. The number of nitrogens with one attached hydrogen (secondary N) is 1. The normalized spacial score (nSPS) is 12.4. The van der Waals surface area contributed by atoms with Crippen molar-refractivity contribution in [3.8, 4) is 0 Å². The number of carbonyl (C=O) groups excluding carboxylic acids is 1. The maximum Gasteiger partial charge on any atom is 0.408 e. The zero-order chi connectivity index (χ0) is 15.2. The summed E-state index contributed by atoms with van der Waals surface area (Å²) in [5.41, 5.74) is 0.708. The molecule has 9 heteroatoms. The van der Waals surface area contributed by atoms with Crippen molar-refractivity contribution in [3.05, 3.63) is 35.9 Å². The average Bonchev–Trinajstić information content (AvgIpc) is 2.35. The monoisotopic (exact) mass is 321 g/mol. The molecule has 0 unspecified atom stereocenters. The molecule has 0 heterocycles. The van der Waals surface area contributed by atoms with Crippen molar-refractivity contribution in [1.82, 2.24) is 5.32 Å². The summed E-state index contributed by atoms with van der Waals surface area (Å²) in [5, 5.41) is 10.7. The molecule has 1 rings (SSSR count). The van der Waals surface area contributed by atoms with Gasteiger partial charge >= 0.3 is 12.1 Å². The summed E-state index contributed by atoms with van der Waals surface area (Å²) in [5.74, 6) is -2.45. The van der Waals surface area contributed by atoms with Gasteiger partial charge in [-0.2, -0.15) is 0 Å². The lowest BCUT2D eigenvalue weighted by molar-refractivity contribution is -0.138. The molecule has 1 atom stereocenters. The van der Waals surface area contributed by atoms with Gasteiger partial charge in [-0.25, -0.2) is 18.0 Å². The maximum atomic E-state index is 11.4. The van der Waals surface area contributed by atoms with Gasteiger partial charge in [0.2, 0.25) is 9.05 Å². The van der Waals surface area contributed by atoms with Gasteiger partial charge in [-0.1, -0.05) is 30.3 Å². The summed E-state index contributed by atoms with van der Waals surface area (Å²) >= 11 is 0. The number of alkyl carbamates (subject to hydrolysis) is 1. The third kappa shape index (κ3) is 6.39. The van der Waals surface area contributed by atoms with Gasteiger partial charge in [0.05, 0.1) is 5.75 Å². The van der Waals surface area contributed by atoms with Crippen LogP contribution in [0.4, 0.5) is 4.79 Å². The van der Waals surface area contributed by atoms with E-state index in [2.05, 4.69) is 0 Å². The Kier molecular flexibility index (Phi) is 5.78. The average molecular weight is 322 g/mol. The van der Waals surface area contributed by atoms with Crippen LogP contribution in [0.5, 0.6) is 0 Å². The molecule has 7 nitrogen and oxygen atoms in total. The Morgan fingerprint density at radius 1 is 1.30 bits per heavy atom. The summed E-state index contributed by atoms with van der Waals surface area (Å²) in [7, 11) is 0.885. The molecule has 1 aromatic carbocycles. The smallest absolute Gasteiger partial charge is 0.408 e. The zero-order valence-corrected chi connectivity index (χ0v) is 11.7. The first-order valence-electron chi connectivity index (χ1n) is 5.40. The fourth-order valence-corrected chi connectivity index (χ4v) is 2.28. The number of ether oxygens (including phenoxy) is 1. The fraction of sp³-hybridized carbons (Fsp3) is 0.273. The minimum atomic E-state index is -4.06. The van der Waals surface area contributed by atoms with Crippen LogP contribution in [0, 0.1) is 0 Å². The predicted octanol–water partition coefficient (Wildman–Crippen LogP) is 0.935. The molecule has 110 valence electrons. The third-order valence-corrected chi connectivity index (χ3v) is 3.28. The zero-order valence-electron chi connectivity index (χ0n) is 10.2. The molecular weight excluding hydrogens is 310 g/mol. The molecule has 0 bridgehead atoms. The van der Waals surface area contributed by atoms with Crippen LogP contribution in [0.1, 0.15) is 5.56 Å². The van der Waals surface area contributed by atoms with E-state index in [1.165, 1.54) is 0 Å². The second-order valence-electron chi connectivity index (χ2n) is 3.80. The first kappa shape index (κ1) is 16.3. The van der Waals surface area contributed by atoms with Crippen LogP contribution < -0.4 is 5.32 Å². The molecule has 1 aromatic rings. The molecule has 0 fully saturated rings. The van der Waals surface area contributed by atoms with Crippen molar-refractivity contribution in [1.29, 1.82) is 0 Å². The van der Waals surface area contributed by atoms with Gasteiger partial charge in [-0.15, -0.1) is 0 Å². The number of carbonyl (C=O) groups is 2. The quantitative estimate of drug-likeness (QED) is 0.754. The van der Waals surface area contributed by atoms with Gasteiger partial charge in [0, 0.05) is 10.7 Å². The molecule has 0 radical (unpaired) electrons. The second kappa shape index (κ2) is 7.11. The van der Waals surface area contributed by atoms with Gasteiger partial charge < -0.3 is 15.2 Å². The van der Waals surface area contributed by atoms with Crippen LogP contribution in [-0.4, -0.2) is 37.4 Å². The van der Waals surface area contributed by atoms with E-state index < -0.39 is 32.9 Å². The molecule has 0 aliphatic heterocycles. The summed E-state index contributed by atoms with van der Waals surface area (Å²) in [6.07, 6.45) is -1.04. The van der Waals surface area contributed by atoms with Crippen molar-refractivity contribution in [2.45, 2.75) is 12.6 Å². The van der Waals surface area contributed by atoms with Gasteiger partial charge in [0.15, 0.2) is 0 Å². The van der Waals surface area contributed by atoms with Gasteiger partial charge in [0.25, 0.3) is 0 Å². The van der Waals surface area contributed by atoms with Crippen LogP contribution in [0.15, 0.2) is 30.3 Å². The van der Waals surface area contributed by atoms with Crippen LogP contribution in [0.3, 0.4) is 0 Å². The standard InChI is InChI=1S/C11H12ClNO6S/c12-20(17,18)7-9(10(14)15)13-11(16)19-6-8-4-2-1-3-5-8/h1-5,9H,6-7H2,(H,13,16)(H,14,15)/t9-/m1/s1. The molecule has 0 spiro atoms. The Balaban J connectivity index is 2.52. The number of aliphatic carboxylic acids is 1. The SMILES string of the molecule is O=C(N[C@H](CS(=O)(=O)Cl)C(=O)O)OCc1ccccc1. The van der Waals surface area contributed by atoms with Crippen LogP contribution >= 0.6 is 10.7 Å². The highest BCUT2D eigenvalue weighted by Crippen LogP contribution is 2.03. The molecular formula is C11H12ClNO6S. The summed E-state index contributed by atoms with van der Waals surface area (Å²) in [4.78, 5) is 22.2. The van der Waals surface area contributed by atoms with E-state index in [1.807, 2.05) is 5.32 Å². The summed E-state index contributed by atoms with van der Waals surface area (Å²) < 4.78 is 26.4. The lowest BCUT2D eigenvalue weighted by Crippen LogP contribution is -2.44. The number of benzene rings is 1. The van der Waals surface area contributed by atoms with E-state index in [0.29, 0.717) is 5.56 Å². The molecule has 0 aliphatic carbocycles. The highest BCUT2D eigenvalue weighted by Gasteiger charge is 2.26. The third-order valence-electron chi connectivity index (χ3n) is 2.17. The van der Waals surface area contributed by atoms with Crippen molar-refractivity contribution in [2.24, 2.45) is 0 Å².